The molecule has 0 atom stereocenters. The van der Waals surface area contributed by atoms with Crippen molar-refractivity contribution in [3.8, 4) is 17.1 Å². The van der Waals surface area contributed by atoms with Crippen LogP contribution in [-0.4, -0.2) is 19.2 Å². The number of esters is 1. The van der Waals surface area contributed by atoms with Gasteiger partial charge in [-0.05, 0) is 19.1 Å². The molecule has 0 fully saturated rings. The summed E-state index contributed by atoms with van der Waals surface area (Å²) >= 11 is 0. The van der Waals surface area contributed by atoms with Crippen molar-refractivity contribution in [2.45, 2.75) is 6.92 Å². The van der Waals surface area contributed by atoms with Gasteiger partial charge in [0.15, 0.2) is 12.4 Å². The second kappa shape index (κ2) is 7.00. The lowest BCUT2D eigenvalue weighted by Crippen LogP contribution is -2.18. The van der Waals surface area contributed by atoms with Gasteiger partial charge in [-0.3, -0.25) is 4.79 Å². The highest BCUT2D eigenvalue weighted by atomic mass is 16.6. The normalized spacial score (nSPS) is 10.5. The molecule has 3 aromatic rings. The molecule has 0 bridgehead atoms. The SMILES string of the molecule is CCOC(=O)COc1c(-c2ccccc2)oc2ccccc2c1=O. The van der Waals surface area contributed by atoms with Crippen LogP contribution in [-0.2, 0) is 9.53 Å². The maximum absolute atomic E-state index is 12.8. The molecule has 0 N–H and O–H groups in total. The van der Waals surface area contributed by atoms with Crippen molar-refractivity contribution in [1.29, 1.82) is 0 Å². The first-order valence-corrected chi connectivity index (χ1v) is 7.60. The van der Waals surface area contributed by atoms with E-state index in [1.165, 1.54) is 0 Å². The van der Waals surface area contributed by atoms with E-state index in [4.69, 9.17) is 13.9 Å². The van der Waals surface area contributed by atoms with Crippen LogP contribution in [0.25, 0.3) is 22.3 Å². The standard InChI is InChI=1S/C19H16O5/c1-2-22-16(20)12-23-19-17(21)14-10-6-7-11-15(14)24-18(19)13-8-4-3-5-9-13/h3-11H,2,12H2,1H3. The van der Waals surface area contributed by atoms with Gasteiger partial charge in [0.1, 0.15) is 5.58 Å². The number of para-hydroxylation sites is 1. The lowest BCUT2D eigenvalue weighted by molar-refractivity contribution is -0.145. The average Bonchev–Trinajstić information content (AvgIpc) is 2.62. The smallest absolute Gasteiger partial charge is 0.344 e. The summed E-state index contributed by atoms with van der Waals surface area (Å²) in [5, 5.41) is 0.399. The van der Waals surface area contributed by atoms with E-state index in [0.717, 1.165) is 0 Å². The second-order valence-electron chi connectivity index (χ2n) is 5.05. The van der Waals surface area contributed by atoms with Crippen LogP contribution in [0.5, 0.6) is 5.75 Å². The summed E-state index contributed by atoms with van der Waals surface area (Å²) in [5.41, 5.74) is 0.837. The fraction of sp³-hybridized carbons (Fsp3) is 0.158. The molecule has 5 heteroatoms. The van der Waals surface area contributed by atoms with E-state index in [1.807, 2.05) is 30.3 Å². The number of fused-ring (bicyclic) bond motifs is 1. The monoisotopic (exact) mass is 324 g/mol. The maximum atomic E-state index is 12.8. The molecule has 0 amide bonds. The van der Waals surface area contributed by atoms with E-state index in [-0.39, 0.29) is 24.4 Å². The minimum absolute atomic E-state index is 0.00736. The molecule has 2 aromatic carbocycles. The third-order valence-electron chi connectivity index (χ3n) is 3.43. The molecule has 0 aliphatic carbocycles. The first kappa shape index (κ1) is 15.8. The fourth-order valence-electron chi connectivity index (χ4n) is 2.37. The minimum Gasteiger partial charge on any atom is -0.474 e. The van der Waals surface area contributed by atoms with Crippen LogP contribution in [0.4, 0.5) is 0 Å². The van der Waals surface area contributed by atoms with Crippen molar-refractivity contribution >= 4 is 16.9 Å². The zero-order chi connectivity index (χ0) is 16.9. The van der Waals surface area contributed by atoms with Crippen LogP contribution in [0.15, 0.2) is 63.8 Å². The summed E-state index contributed by atoms with van der Waals surface area (Å²) in [6.45, 7) is 1.61. The van der Waals surface area contributed by atoms with E-state index in [9.17, 15) is 9.59 Å². The molecule has 5 nitrogen and oxygen atoms in total. The lowest BCUT2D eigenvalue weighted by atomic mass is 10.1. The molecule has 0 aliphatic heterocycles. The van der Waals surface area contributed by atoms with Crippen LogP contribution in [0.1, 0.15) is 6.92 Å². The fourth-order valence-corrected chi connectivity index (χ4v) is 2.37. The Kier molecular flexibility index (Phi) is 4.61. The van der Waals surface area contributed by atoms with Crippen molar-refractivity contribution in [2.75, 3.05) is 13.2 Å². The Morgan fingerprint density at radius 2 is 1.75 bits per heavy atom. The van der Waals surface area contributed by atoms with Gasteiger partial charge in [0.25, 0.3) is 0 Å². The van der Waals surface area contributed by atoms with Gasteiger partial charge in [-0.2, -0.15) is 0 Å². The highest BCUT2D eigenvalue weighted by Crippen LogP contribution is 2.30. The van der Waals surface area contributed by atoms with Crippen molar-refractivity contribution in [3.63, 3.8) is 0 Å². The molecule has 3 rings (SSSR count). The Labute approximate surface area is 138 Å². The van der Waals surface area contributed by atoms with E-state index in [2.05, 4.69) is 0 Å². The molecule has 0 saturated carbocycles. The van der Waals surface area contributed by atoms with Gasteiger partial charge >= 0.3 is 5.97 Å². The third kappa shape index (κ3) is 3.15. The third-order valence-corrected chi connectivity index (χ3v) is 3.43. The van der Waals surface area contributed by atoms with Gasteiger partial charge in [0.2, 0.25) is 11.2 Å². The first-order chi connectivity index (χ1) is 11.7. The van der Waals surface area contributed by atoms with Gasteiger partial charge in [0.05, 0.1) is 12.0 Å². The molecule has 0 aliphatic rings. The van der Waals surface area contributed by atoms with Crippen molar-refractivity contribution < 1.29 is 18.7 Å². The summed E-state index contributed by atoms with van der Waals surface area (Å²) < 4.78 is 16.2. The van der Waals surface area contributed by atoms with Crippen molar-refractivity contribution in [1.82, 2.24) is 0 Å². The molecule has 0 saturated heterocycles. The summed E-state index contributed by atoms with van der Waals surface area (Å²) in [6.07, 6.45) is 0. The van der Waals surface area contributed by atoms with E-state index >= 15 is 0 Å². The number of carbonyl (C=O) groups excluding carboxylic acids is 1. The quantitative estimate of drug-likeness (QED) is 0.673. The van der Waals surface area contributed by atoms with Gasteiger partial charge in [-0.15, -0.1) is 0 Å². The molecule has 1 heterocycles. The molecule has 0 unspecified atom stereocenters. The van der Waals surface area contributed by atoms with Crippen LogP contribution in [0.3, 0.4) is 0 Å². The first-order valence-electron chi connectivity index (χ1n) is 7.60. The van der Waals surface area contributed by atoms with Gasteiger partial charge in [-0.1, -0.05) is 42.5 Å². The maximum Gasteiger partial charge on any atom is 0.344 e. The Morgan fingerprint density at radius 1 is 1.04 bits per heavy atom. The summed E-state index contributed by atoms with van der Waals surface area (Å²) in [5.74, 6) is -0.236. The number of hydrogen-bond acceptors (Lipinski definition) is 5. The van der Waals surface area contributed by atoms with Gasteiger partial charge in [-0.25, -0.2) is 4.79 Å². The summed E-state index contributed by atoms with van der Waals surface area (Å²) in [4.78, 5) is 24.3. The van der Waals surface area contributed by atoms with Crippen LogP contribution in [0, 0.1) is 0 Å². The number of rotatable bonds is 5. The van der Waals surface area contributed by atoms with E-state index in [0.29, 0.717) is 22.3 Å². The molecule has 122 valence electrons. The Bertz CT molecular complexity index is 912. The number of hydrogen-bond donors (Lipinski definition) is 0. The van der Waals surface area contributed by atoms with Gasteiger partial charge < -0.3 is 13.9 Å². The molecule has 24 heavy (non-hydrogen) atoms. The molecule has 1 aromatic heterocycles. The van der Waals surface area contributed by atoms with E-state index < -0.39 is 5.97 Å². The summed E-state index contributed by atoms with van der Waals surface area (Å²) in [7, 11) is 0. The highest BCUT2D eigenvalue weighted by molar-refractivity contribution is 5.82. The summed E-state index contributed by atoms with van der Waals surface area (Å²) in [6, 6.07) is 16.1. The Morgan fingerprint density at radius 3 is 2.50 bits per heavy atom. The largest absolute Gasteiger partial charge is 0.474 e. The van der Waals surface area contributed by atoms with Gasteiger partial charge in [0, 0.05) is 5.56 Å². The van der Waals surface area contributed by atoms with Crippen LogP contribution < -0.4 is 10.2 Å². The number of benzene rings is 2. The van der Waals surface area contributed by atoms with Crippen molar-refractivity contribution in [2.24, 2.45) is 0 Å². The zero-order valence-corrected chi connectivity index (χ0v) is 13.2. The molecular formula is C19H16O5. The Balaban J connectivity index is 2.11. The number of carbonyl (C=O) groups is 1. The second-order valence-corrected chi connectivity index (χ2v) is 5.05. The van der Waals surface area contributed by atoms with Crippen LogP contribution >= 0.6 is 0 Å². The lowest BCUT2D eigenvalue weighted by Gasteiger charge is -2.11. The minimum atomic E-state index is -0.538. The average molecular weight is 324 g/mol. The van der Waals surface area contributed by atoms with Crippen LogP contribution in [0.2, 0.25) is 0 Å². The molecular weight excluding hydrogens is 308 g/mol. The van der Waals surface area contributed by atoms with Crippen molar-refractivity contribution in [3.05, 3.63) is 64.8 Å². The number of ether oxygens (including phenoxy) is 2. The molecule has 0 radical (unpaired) electrons. The highest BCUT2D eigenvalue weighted by Gasteiger charge is 2.18. The topological polar surface area (TPSA) is 65.7 Å². The zero-order valence-electron chi connectivity index (χ0n) is 13.2. The predicted octanol–water partition coefficient (Wildman–Crippen LogP) is 3.40. The molecule has 0 spiro atoms. The van der Waals surface area contributed by atoms with E-state index in [1.54, 1.807) is 31.2 Å². The Hall–Kier alpha value is -3.08. The predicted molar refractivity (Wildman–Crippen MR) is 90.0 cm³/mol.